The van der Waals surface area contributed by atoms with Gasteiger partial charge in [-0.1, -0.05) is 19.9 Å². The minimum Gasteiger partial charge on any atom is -0.294 e. The van der Waals surface area contributed by atoms with Gasteiger partial charge in [0, 0.05) is 12.0 Å². The van der Waals surface area contributed by atoms with Gasteiger partial charge in [-0.3, -0.25) is 4.79 Å². The van der Waals surface area contributed by atoms with Gasteiger partial charge in [-0.25, -0.2) is 4.39 Å². The van der Waals surface area contributed by atoms with Crippen molar-refractivity contribution in [2.24, 2.45) is 5.92 Å². The fraction of sp³-hybridized carbons (Fsp3) is 0.462. The summed E-state index contributed by atoms with van der Waals surface area (Å²) in [6.45, 7) is 3.86. The van der Waals surface area contributed by atoms with Crippen molar-refractivity contribution in [2.75, 3.05) is 0 Å². The summed E-state index contributed by atoms with van der Waals surface area (Å²) in [7, 11) is 0. The summed E-state index contributed by atoms with van der Waals surface area (Å²) in [4.78, 5) is 11.6. The fourth-order valence-electron chi connectivity index (χ4n) is 1.48. The smallest absolute Gasteiger partial charge is 0.294 e. The topological polar surface area (TPSA) is 17.1 Å². The standard InChI is InChI=1S/C13H14F4O/c1-8(2)3-6-12(18)9-4-5-10(11(14)7-9)13(15,16)17/h4-5,7-8H,3,6H2,1-2H3. The Morgan fingerprint density at radius 2 is 1.89 bits per heavy atom. The maximum absolute atomic E-state index is 13.2. The molecule has 0 unspecified atom stereocenters. The zero-order chi connectivity index (χ0) is 13.9. The number of hydrogen-bond donors (Lipinski definition) is 0. The molecule has 0 fully saturated rings. The van der Waals surface area contributed by atoms with Gasteiger partial charge in [0.15, 0.2) is 5.78 Å². The molecule has 0 aliphatic rings. The van der Waals surface area contributed by atoms with Crippen LogP contribution in [0.5, 0.6) is 0 Å². The Bertz CT molecular complexity index is 435. The Morgan fingerprint density at radius 3 is 2.33 bits per heavy atom. The van der Waals surface area contributed by atoms with Gasteiger partial charge in [0.2, 0.25) is 0 Å². The Balaban J connectivity index is 2.88. The number of ketones is 1. The van der Waals surface area contributed by atoms with Crippen molar-refractivity contribution in [3.8, 4) is 0 Å². The second-order valence-electron chi connectivity index (χ2n) is 4.55. The SMILES string of the molecule is CC(C)CCC(=O)c1ccc(C(F)(F)F)c(F)c1. The van der Waals surface area contributed by atoms with Crippen LogP contribution in [0.25, 0.3) is 0 Å². The van der Waals surface area contributed by atoms with Crippen molar-refractivity contribution in [3.63, 3.8) is 0 Å². The molecule has 0 bridgehead atoms. The molecule has 0 radical (unpaired) electrons. The molecule has 18 heavy (non-hydrogen) atoms. The Morgan fingerprint density at radius 1 is 1.28 bits per heavy atom. The molecule has 0 spiro atoms. The lowest BCUT2D eigenvalue weighted by molar-refractivity contribution is -0.140. The van der Waals surface area contributed by atoms with Gasteiger partial charge in [0.05, 0.1) is 5.56 Å². The first kappa shape index (κ1) is 14.7. The minimum absolute atomic E-state index is 0.0128. The van der Waals surface area contributed by atoms with E-state index in [2.05, 4.69) is 0 Å². The van der Waals surface area contributed by atoms with Gasteiger partial charge < -0.3 is 0 Å². The van der Waals surface area contributed by atoms with Crippen LogP contribution in [-0.4, -0.2) is 5.78 Å². The van der Waals surface area contributed by atoms with Gasteiger partial charge >= 0.3 is 6.18 Å². The molecule has 0 N–H and O–H groups in total. The predicted molar refractivity (Wildman–Crippen MR) is 59.8 cm³/mol. The third-order valence-corrected chi connectivity index (χ3v) is 2.55. The summed E-state index contributed by atoms with van der Waals surface area (Å²) in [6, 6.07) is 2.29. The molecule has 0 saturated carbocycles. The molecular weight excluding hydrogens is 248 g/mol. The molecule has 0 aromatic heterocycles. The van der Waals surface area contributed by atoms with E-state index in [1.54, 1.807) is 0 Å². The van der Waals surface area contributed by atoms with Gasteiger partial charge in [0.25, 0.3) is 0 Å². The summed E-state index contributed by atoms with van der Waals surface area (Å²) >= 11 is 0. The molecule has 1 nitrogen and oxygen atoms in total. The highest BCUT2D eigenvalue weighted by Gasteiger charge is 2.34. The number of halogens is 4. The Kier molecular flexibility index (Phi) is 4.48. The van der Waals surface area contributed by atoms with Crippen molar-refractivity contribution in [3.05, 3.63) is 35.1 Å². The first-order valence-electron chi connectivity index (χ1n) is 5.61. The number of carbonyl (C=O) groups excluding carboxylic acids is 1. The summed E-state index contributed by atoms with van der Waals surface area (Å²) in [5.74, 6) is -1.43. The predicted octanol–water partition coefficient (Wildman–Crippen LogP) is 4.46. The number of carbonyl (C=O) groups is 1. The molecule has 100 valence electrons. The van der Waals surface area contributed by atoms with Crippen LogP contribution in [0.15, 0.2) is 18.2 Å². The number of alkyl halides is 3. The quantitative estimate of drug-likeness (QED) is 0.578. The lowest BCUT2D eigenvalue weighted by atomic mass is 10.00. The fourth-order valence-corrected chi connectivity index (χ4v) is 1.48. The van der Waals surface area contributed by atoms with Gasteiger partial charge in [-0.15, -0.1) is 0 Å². The van der Waals surface area contributed by atoms with Crippen LogP contribution < -0.4 is 0 Å². The van der Waals surface area contributed by atoms with Crippen LogP contribution in [0.4, 0.5) is 17.6 Å². The van der Waals surface area contributed by atoms with Crippen molar-refractivity contribution >= 4 is 5.78 Å². The monoisotopic (exact) mass is 262 g/mol. The number of hydrogen-bond acceptors (Lipinski definition) is 1. The van der Waals surface area contributed by atoms with Crippen molar-refractivity contribution in [2.45, 2.75) is 32.9 Å². The summed E-state index contributed by atoms with van der Waals surface area (Å²) in [5.41, 5.74) is -1.36. The van der Waals surface area contributed by atoms with Gasteiger partial charge in [-0.05, 0) is 24.5 Å². The van der Waals surface area contributed by atoms with E-state index in [1.807, 2.05) is 13.8 Å². The molecule has 1 aromatic carbocycles. The molecule has 1 rings (SSSR count). The first-order valence-corrected chi connectivity index (χ1v) is 5.61. The second kappa shape index (κ2) is 5.50. The lowest BCUT2D eigenvalue weighted by Gasteiger charge is -2.09. The van der Waals surface area contributed by atoms with Crippen molar-refractivity contribution in [1.82, 2.24) is 0 Å². The maximum Gasteiger partial charge on any atom is 0.419 e. The number of benzene rings is 1. The van der Waals surface area contributed by atoms with Gasteiger partial charge in [-0.2, -0.15) is 13.2 Å². The molecule has 0 heterocycles. The zero-order valence-electron chi connectivity index (χ0n) is 10.1. The van der Waals surface area contributed by atoms with Crippen LogP contribution in [0.1, 0.15) is 42.6 Å². The van der Waals surface area contributed by atoms with E-state index in [-0.39, 0.29) is 17.8 Å². The normalized spacial score (nSPS) is 11.9. The highest BCUT2D eigenvalue weighted by molar-refractivity contribution is 5.96. The summed E-state index contributed by atoms with van der Waals surface area (Å²) < 4.78 is 50.2. The van der Waals surface area contributed by atoms with E-state index in [0.717, 1.165) is 6.07 Å². The molecule has 1 aromatic rings. The number of Topliss-reactive ketones (excluding diaryl/α,β-unsaturated/α-hetero) is 1. The first-order chi connectivity index (χ1) is 8.21. The van der Waals surface area contributed by atoms with E-state index in [9.17, 15) is 22.4 Å². The average molecular weight is 262 g/mol. The lowest BCUT2D eigenvalue weighted by Crippen LogP contribution is -2.10. The van der Waals surface area contributed by atoms with Crippen LogP contribution in [-0.2, 0) is 6.18 Å². The van der Waals surface area contributed by atoms with Crippen molar-refractivity contribution < 1.29 is 22.4 Å². The second-order valence-corrected chi connectivity index (χ2v) is 4.55. The van der Waals surface area contributed by atoms with E-state index < -0.39 is 17.6 Å². The van der Waals surface area contributed by atoms with Crippen LogP contribution in [0.2, 0.25) is 0 Å². The Labute approximate surface area is 103 Å². The number of rotatable bonds is 4. The molecular formula is C13H14F4O. The molecule has 5 heteroatoms. The van der Waals surface area contributed by atoms with Gasteiger partial charge in [0.1, 0.15) is 5.82 Å². The third-order valence-electron chi connectivity index (χ3n) is 2.55. The van der Waals surface area contributed by atoms with E-state index in [0.29, 0.717) is 24.5 Å². The molecule has 0 atom stereocenters. The van der Waals surface area contributed by atoms with E-state index in [1.165, 1.54) is 0 Å². The summed E-state index contributed by atoms with van der Waals surface area (Å²) in [5, 5.41) is 0. The van der Waals surface area contributed by atoms with Crippen LogP contribution in [0, 0.1) is 11.7 Å². The largest absolute Gasteiger partial charge is 0.419 e. The van der Waals surface area contributed by atoms with Crippen LogP contribution >= 0.6 is 0 Å². The average Bonchev–Trinajstić information content (AvgIpc) is 2.23. The summed E-state index contributed by atoms with van der Waals surface area (Å²) in [6.07, 6.45) is -3.90. The molecule has 0 aliphatic heterocycles. The minimum atomic E-state index is -4.73. The third kappa shape index (κ3) is 3.82. The molecule has 0 amide bonds. The highest BCUT2D eigenvalue weighted by Crippen LogP contribution is 2.31. The maximum atomic E-state index is 13.2. The highest BCUT2D eigenvalue weighted by atomic mass is 19.4. The van der Waals surface area contributed by atoms with E-state index >= 15 is 0 Å². The van der Waals surface area contributed by atoms with Crippen molar-refractivity contribution in [1.29, 1.82) is 0 Å². The molecule has 0 saturated heterocycles. The zero-order valence-corrected chi connectivity index (χ0v) is 10.1. The van der Waals surface area contributed by atoms with Crippen LogP contribution in [0.3, 0.4) is 0 Å². The molecule has 0 aliphatic carbocycles. The van der Waals surface area contributed by atoms with E-state index in [4.69, 9.17) is 0 Å². The Hall–Kier alpha value is -1.39.